The molecule has 80 heavy (non-hydrogen) atoms. The summed E-state index contributed by atoms with van der Waals surface area (Å²) in [6, 6.07) is 0. The van der Waals surface area contributed by atoms with Crippen LogP contribution >= 0.6 is 0 Å². The second-order valence-electron chi connectivity index (χ2n) is 27.1. The molecule has 0 aliphatic rings. The Labute approximate surface area is 505 Å². The summed E-state index contributed by atoms with van der Waals surface area (Å²) in [5.41, 5.74) is 0. The quantitative estimate of drug-likeness (QED) is 0.0449. The van der Waals surface area contributed by atoms with E-state index in [0.29, 0.717) is 12.8 Å². The molecule has 0 atom stereocenters. The van der Waals surface area contributed by atoms with Gasteiger partial charge >= 0.3 is 0 Å². The van der Waals surface area contributed by atoms with Crippen LogP contribution in [0.4, 0.5) is 0 Å². The molecule has 0 amide bonds. The van der Waals surface area contributed by atoms with Gasteiger partial charge in [-0.15, -0.1) is 0 Å². The van der Waals surface area contributed by atoms with Crippen molar-refractivity contribution in [1.82, 2.24) is 0 Å². The topological polar surface area (TPSA) is 80.3 Å². The van der Waals surface area contributed by atoms with Crippen LogP contribution < -0.4 is 10.2 Å². The van der Waals surface area contributed by atoms with E-state index < -0.39 is 11.9 Å². The number of nitrogens with zero attached hydrogens (tertiary/aromatic N) is 2. The number of rotatable bonds is 65. The van der Waals surface area contributed by atoms with Crippen LogP contribution in [0, 0.1) is 0 Å². The molecule has 0 N–H and O–H groups in total. The summed E-state index contributed by atoms with van der Waals surface area (Å²) >= 11 is 0. The number of unbranched alkanes of at least 4 members (excludes halogenated alkanes) is 53. The van der Waals surface area contributed by atoms with Crippen molar-refractivity contribution in [2.24, 2.45) is 0 Å². The monoisotopic (exact) mass is 1130 g/mol. The molecule has 0 saturated heterocycles. The molecule has 0 heterocycles. The molecule has 0 aliphatic carbocycles. The lowest BCUT2D eigenvalue weighted by Gasteiger charge is -2.30. The number of hydrogen-bond acceptors (Lipinski definition) is 4. The number of aliphatic carboxylic acids is 2. The van der Waals surface area contributed by atoms with Gasteiger partial charge in [0.15, 0.2) is 0 Å². The molecule has 0 saturated carbocycles. The molecule has 482 valence electrons. The number of carbonyl (C=O) groups excluding carboxylic acids is 2. The number of carbonyl (C=O) groups is 2. The Hall–Kier alpha value is -1.14. The minimum atomic E-state index is -1.14. The third kappa shape index (κ3) is 81.1. The van der Waals surface area contributed by atoms with Crippen LogP contribution in [-0.2, 0) is 9.59 Å². The third-order valence-electron chi connectivity index (χ3n) is 17.5. The number of quaternary nitrogens is 2. The Kier molecular flexibility index (Phi) is 73.0. The zero-order valence-corrected chi connectivity index (χ0v) is 56.8. The van der Waals surface area contributed by atoms with Crippen LogP contribution in [-0.4, -0.2) is 75.3 Å². The fourth-order valence-electron chi connectivity index (χ4n) is 11.7. The van der Waals surface area contributed by atoms with Gasteiger partial charge in [0.2, 0.25) is 0 Å². The maximum atomic E-state index is 9.77. The van der Waals surface area contributed by atoms with Gasteiger partial charge < -0.3 is 28.8 Å². The maximum Gasteiger partial charge on any atom is 0.0782 e. The second-order valence-corrected chi connectivity index (χ2v) is 27.1. The van der Waals surface area contributed by atoms with Gasteiger partial charge in [-0.2, -0.15) is 0 Å². The fourth-order valence-corrected chi connectivity index (χ4v) is 11.7. The zero-order chi connectivity index (χ0) is 59.4. The van der Waals surface area contributed by atoms with Crippen LogP contribution in [0.3, 0.4) is 0 Å². The highest BCUT2D eigenvalue weighted by Gasteiger charge is 2.15. The minimum Gasteiger partial charge on any atom is -0.550 e. The van der Waals surface area contributed by atoms with E-state index in [4.69, 9.17) is 0 Å². The molecule has 0 aromatic heterocycles. The molecule has 0 unspecified atom stereocenters. The van der Waals surface area contributed by atoms with Gasteiger partial charge in [0.05, 0.1) is 54.4 Å². The number of carboxylic acids is 2. The van der Waals surface area contributed by atoms with Crippen molar-refractivity contribution in [1.29, 1.82) is 0 Å². The third-order valence-corrected chi connectivity index (χ3v) is 17.5. The van der Waals surface area contributed by atoms with E-state index in [9.17, 15) is 19.8 Å². The summed E-state index contributed by atoms with van der Waals surface area (Å²) in [7, 11) is 9.85. The molecule has 0 aromatic rings. The van der Waals surface area contributed by atoms with Crippen LogP contribution in [0.2, 0.25) is 0 Å². The predicted octanol–water partition coefficient (Wildman–Crippen LogP) is 22.1. The molecule has 0 fully saturated rings. The SMILES string of the molecule is CCCCCCCCCCCCCCCC[N+](C)(C)CCCCCCCCCCCCCCCC.CCCCCCCCCCCCCCCC[N+](C)(C)CCCCCCCCCCCCCCCC.O=C([O-])CCCCC(=O)[O-]. The summed E-state index contributed by atoms with van der Waals surface area (Å²) in [6.45, 7) is 14.8. The first-order chi connectivity index (χ1) is 38.9. The molecular formula is C74H152N2O4. The van der Waals surface area contributed by atoms with E-state index in [1.165, 1.54) is 395 Å². The van der Waals surface area contributed by atoms with Gasteiger partial charge in [-0.05, 0) is 77.0 Å². The van der Waals surface area contributed by atoms with Crippen molar-refractivity contribution in [2.45, 2.75) is 413 Å². The van der Waals surface area contributed by atoms with Gasteiger partial charge in [0.1, 0.15) is 0 Å². The standard InChI is InChI=1S/2C34H72N.C6H10O4/c2*1-5-7-9-11-13-15-17-19-21-23-25-27-29-31-33-35(3,4)34-32-30-28-26-24-22-20-18-16-14-12-10-8-6-2;7-5(8)3-1-2-4-6(9)10/h2*5-34H2,1-4H3;1-4H2,(H,7,8)(H,9,10)/q2*+1;/p-2. The lowest BCUT2D eigenvalue weighted by Crippen LogP contribution is -2.41. The summed E-state index contributed by atoms with van der Waals surface area (Å²) in [6.07, 6.45) is 82.4. The lowest BCUT2D eigenvalue weighted by atomic mass is 10.0. The number of carboxylic acid groups (broad SMARTS) is 2. The summed E-state index contributed by atoms with van der Waals surface area (Å²) in [5, 5.41) is 19.5. The Morgan fingerprint density at radius 3 is 0.425 bits per heavy atom. The normalized spacial score (nSPS) is 11.7. The first-order valence-electron chi connectivity index (χ1n) is 36.9. The number of hydrogen-bond donors (Lipinski definition) is 0. The average molecular weight is 1130 g/mol. The van der Waals surface area contributed by atoms with E-state index in [-0.39, 0.29) is 12.8 Å². The predicted molar refractivity (Wildman–Crippen MR) is 353 cm³/mol. The van der Waals surface area contributed by atoms with Crippen LogP contribution in [0.5, 0.6) is 0 Å². The summed E-state index contributed by atoms with van der Waals surface area (Å²) < 4.78 is 2.49. The Bertz CT molecular complexity index is 1000. The van der Waals surface area contributed by atoms with Gasteiger partial charge in [0.25, 0.3) is 0 Å². The van der Waals surface area contributed by atoms with Crippen molar-refractivity contribution >= 4 is 11.9 Å². The Balaban J connectivity index is -0.00000126. The molecule has 0 spiro atoms. The molecule has 0 bridgehead atoms. The molecular weight excluding hydrogens is 981 g/mol. The van der Waals surface area contributed by atoms with Gasteiger partial charge in [-0.25, -0.2) is 0 Å². The van der Waals surface area contributed by atoms with E-state index in [1.54, 1.807) is 0 Å². The minimum absolute atomic E-state index is 0.0761. The van der Waals surface area contributed by atoms with Gasteiger partial charge in [0, 0.05) is 11.9 Å². The molecule has 0 aromatic carbocycles. The van der Waals surface area contributed by atoms with Gasteiger partial charge in [-0.1, -0.05) is 336 Å². The fraction of sp³-hybridized carbons (Fsp3) is 0.973. The Morgan fingerprint density at radius 1 is 0.200 bits per heavy atom. The van der Waals surface area contributed by atoms with Crippen LogP contribution in [0.15, 0.2) is 0 Å². The maximum absolute atomic E-state index is 9.77. The molecule has 6 nitrogen and oxygen atoms in total. The largest absolute Gasteiger partial charge is 0.550 e. The highest BCUT2D eigenvalue weighted by atomic mass is 16.4. The van der Waals surface area contributed by atoms with Crippen molar-refractivity contribution in [3.05, 3.63) is 0 Å². The second kappa shape index (κ2) is 70.3. The van der Waals surface area contributed by atoms with Crippen molar-refractivity contribution < 1.29 is 28.8 Å². The average Bonchev–Trinajstić information content (AvgIpc) is 3.42. The first-order valence-corrected chi connectivity index (χ1v) is 36.9. The van der Waals surface area contributed by atoms with Crippen LogP contribution in [0.25, 0.3) is 0 Å². The van der Waals surface area contributed by atoms with Gasteiger partial charge in [-0.3, -0.25) is 0 Å². The zero-order valence-electron chi connectivity index (χ0n) is 56.8. The Morgan fingerprint density at radius 2 is 0.312 bits per heavy atom. The highest BCUT2D eigenvalue weighted by molar-refractivity contribution is 5.65. The lowest BCUT2D eigenvalue weighted by molar-refractivity contribution is -0.890. The molecule has 0 aliphatic heterocycles. The van der Waals surface area contributed by atoms with E-state index >= 15 is 0 Å². The van der Waals surface area contributed by atoms with Crippen LogP contribution in [0.1, 0.15) is 413 Å². The van der Waals surface area contributed by atoms with Crippen molar-refractivity contribution in [2.75, 3.05) is 54.4 Å². The molecule has 0 radical (unpaired) electrons. The first kappa shape index (κ1) is 83.1. The summed E-state index contributed by atoms with van der Waals surface area (Å²) in [5.74, 6) is -2.28. The smallest absolute Gasteiger partial charge is 0.0782 e. The van der Waals surface area contributed by atoms with E-state index in [1.807, 2.05) is 0 Å². The van der Waals surface area contributed by atoms with Crippen molar-refractivity contribution in [3.63, 3.8) is 0 Å². The van der Waals surface area contributed by atoms with E-state index in [0.717, 1.165) is 0 Å². The molecule has 6 heteroatoms. The summed E-state index contributed by atoms with van der Waals surface area (Å²) in [4.78, 5) is 19.5. The van der Waals surface area contributed by atoms with Crippen molar-refractivity contribution in [3.8, 4) is 0 Å². The van der Waals surface area contributed by atoms with E-state index in [2.05, 4.69) is 55.9 Å². The highest BCUT2D eigenvalue weighted by Crippen LogP contribution is 2.19. The molecule has 0 rings (SSSR count).